The Hall–Kier alpha value is -2.23. The van der Waals surface area contributed by atoms with Crippen LogP contribution < -0.4 is 4.74 Å². The molecule has 0 aliphatic rings. The Morgan fingerprint density at radius 2 is 1.77 bits per heavy atom. The Labute approximate surface area is 153 Å². The number of aliphatic carboxylic acids is 1. The molecule has 26 heavy (non-hydrogen) atoms. The Kier molecular flexibility index (Phi) is 11.1. The van der Waals surface area contributed by atoms with Crippen LogP contribution in [0.4, 0.5) is 0 Å². The van der Waals surface area contributed by atoms with Crippen LogP contribution in [0.1, 0.15) is 32.8 Å². The maximum absolute atomic E-state index is 11.8. The van der Waals surface area contributed by atoms with Crippen molar-refractivity contribution in [2.75, 3.05) is 13.2 Å². The molecule has 0 amide bonds. The average molecular weight is 388 g/mol. The summed E-state index contributed by atoms with van der Waals surface area (Å²) in [4.78, 5) is 22.4. The second-order valence-corrected chi connectivity index (χ2v) is 6.44. The van der Waals surface area contributed by atoms with Crippen LogP contribution in [0.2, 0.25) is 0 Å². The van der Waals surface area contributed by atoms with Crippen molar-refractivity contribution in [2.24, 2.45) is 0 Å². The summed E-state index contributed by atoms with van der Waals surface area (Å²) in [5.41, 5.74) is 0.512. The second-order valence-electron chi connectivity index (χ2n) is 4.84. The van der Waals surface area contributed by atoms with Crippen LogP contribution in [0.25, 0.3) is 6.08 Å². The third kappa shape index (κ3) is 9.30. The highest BCUT2D eigenvalue weighted by Gasteiger charge is 2.35. The number of hydrogen-bond donors (Lipinski definition) is 2. The number of ether oxygens (including phenoxy) is 2. The number of benzene rings is 1. The number of carbonyl (C=O) groups is 2. The highest BCUT2D eigenvalue weighted by molar-refractivity contribution is 7.87. The van der Waals surface area contributed by atoms with E-state index in [2.05, 4.69) is 0 Å². The zero-order valence-electron chi connectivity index (χ0n) is 14.9. The summed E-state index contributed by atoms with van der Waals surface area (Å²) >= 11 is 0. The monoisotopic (exact) mass is 388 g/mol. The van der Waals surface area contributed by atoms with E-state index in [0.717, 1.165) is 13.2 Å². The third-order valence-electron chi connectivity index (χ3n) is 2.87. The van der Waals surface area contributed by atoms with Gasteiger partial charge in [-0.15, -0.1) is 0 Å². The van der Waals surface area contributed by atoms with E-state index >= 15 is 0 Å². The van der Waals surface area contributed by atoms with Gasteiger partial charge in [0.2, 0.25) is 0 Å². The van der Waals surface area contributed by atoms with E-state index in [1.165, 1.54) is 6.07 Å². The van der Waals surface area contributed by atoms with Crippen LogP contribution in [0.3, 0.4) is 0 Å². The topological polar surface area (TPSA) is 127 Å². The van der Waals surface area contributed by atoms with E-state index < -0.39 is 33.7 Å². The van der Waals surface area contributed by atoms with Gasteiger partial charge in [-0.25, -0.2) is 0 Å². The molecule has 0 spiro atoms. The highest BCUT2D eigenvalue weighted by atomic mass is 32.2. The van der Waals surface area contributed by atoms with Crippen molar-refractivity contribution in [3.63, 3.8) is 0 Å². The fourth-order valence-electron chi connectivity index (χ4n) is 1.74. The van der Waals surface area contributed by atoms with E-state index in [4.69, 9.17) is 19.1 Å². The smallest absolute Gasteiger partial charge is 0.332 e. The second kappa shape index (κ2) is 12.2. The minimum Gasteiger partial charge on any atom is -0.481 e. The molecule has 0 aliphatic heterocycles. The Balaban J connectivity index is 0.00000110. The molecule has 0 bridgehead atoms. The summed E-state index contributed by atoms with van der Waals surface area (Å²) in [6, 6.07) is 6.30. The normalized spacial score (nSPS) is 12.2. The van der Waals surface area contributed by atoms with Crippen LogP contribution in [-0.4, -0.2) is 48.5 Å². The molecule has 0 saturated carbocycles. The van der Waals surface area contributed by atoms with E-state index in [-0.39, 0.29) is 5.75 Å². The molecule has 8 nitrogen and oxygen atoms in total. The molecule has 1 aromatic rings. The molecule has 0 aromatic heterocycles. The van der Waals surface area contributed by atoms with Crippen molar-refractivity contribution in [3.05, 3.63) is 35.9 Å². The number of rotatable bonds is 8. The Morgan fingerprint density at radius 3 is 2.19 bits per heavy atom. The van der Waals surface area contributed by atoms with Crippen LogP contribution in [0, 0.1) is 0 Å². The molecule has 1 atom stereocenters. The Bertz CT molecular complexity index is 707. The molecule has 1 rings (SSSR count). The maximum atomic E-state index is 11.8. The van der Waals surface area contributed by atoms with Crippen molar-refractivity contribution in [3.8, 4) is 5.75 Å². The molecule has 9 heteroatoms. The number of carbonyl (C=O) groups excluding carboxylic acids is 1. The SMILES string of the molecule is C/C=C\c1ccccc1OC(=O)C(CC(=O)O)S(=O)(=O)O.CCOCC. The first-order valence-electron chi connectivity index (χ1n) is 7.86. The summed E-state index contributed by atoms with van der Waals surface area (Å²) in [6.07, 6.45) is 2.23. The van der Waals surface area contributed by atoms with Gasteiger partial charge in [0.05, 0.1) is 6.42 Å². The van der Waals surface area contributed by atoms with Gasteiger partial charge in [0.1, 0.15) is 5.75 Å². The standard InChI is InChI=1S/C13H14O7S.C4H10O/c1-2-5-9-6-3-4-7-10(9)20-13(16)11(8-12(14)15)21(17,18)19;1-3-5-4-2/h2-7,11H,8H2,1H3,(H,14,15)(H,17,18,19);3-4H2,1-2H3/b5-2-;. The average Bonchev–Trinajstić information content (AvgIpc) is 2.55. The summed E-state index contributed by atoms with van der Waals surface area (Å²) < 4.78 is 40.8. The van der Waals surface area contributed by atoms with Gasteiger partial charge in [0, 0.05) is 18.8 Å². The number of esters is 1. The van der Waals surface area contributed by atoms with Crippen molar-refractivity contribution >= 4 is 28.1 Å². The molecule has 146 valence electrons. The fourth-order valence-corrected chi connectivity index (χ4v) is 2.38. The van der Waals surface area contributed by atoms with E-state index in [9.17, 15) is 18.0 Å². The Morgan fingerprint density at radius 1 is 1.19 bits per heavy atom. The number of allylic oxidation sites excluding steroid dienone is 1. The fraction of sp³-hybridized carbons (Fsp3) is 0.412. The third-order valence-corrected chi connectivity index (χ3v) is 3.94. The van der Waals surface area contributed by atoms with E-state index in [1.54, 1.807) is 37.3 Å². The number of carboxylic acid groups (broad SMARTS) is 1. The quantitative estimate of drug-likeness (QED) is 0.395. The zero-order chi connectivity index (χ0) is 20.2. The van der Waals surface area contributed by atoms with Crippen molar-refractivity contribution in [2.45, 2.75) is 32.4 Å². The van der Waals surface area contributed by atoms with Crippen LogP contribution >= 0.6 is 0 Å². The lowest BCUT2D eigenvalue weighted by Crippen LogP contribution is -2.35. The summed E-state index contributed by atoms with van der Waals surface area (Å²) in [7, 11) is -4.88. The lowest BCUT2D eigenvalue weighted by atomic mass is 10.2. The van der Waals surface area contributed by atoms with Gasteiger partial charge in [0.25, 0.3) is 10.1 Å². The summed E-state index contributed by atoms with van der Waals surface area (Å²) in [5, 5.41) is 6.43. The lowest BCUT2D eigenvalue weighted by Gasteiger charge is -2.12. The molecule has 2 N–H and O–H groups in total. The molecule has 0 heterocycles. The first-order valence-corrected chi connectivity index (χ1v) is 9.36. The van der Waals surface area contributed by atoms with E-state index in [0.29, 0.717) is 5.56 Å². The molecule has 0 saturated heterocycles. The molecule has 1 aromatic carbocycles. The van der Waals surface area contributed by atoms with Gasteiger partial charge in [-0.05, 0) is 26.8 Å². The van der Waals surface area contributed by atoms with Crippen LogP contribution in [0.15, 0.2) is 30.3 Å². The van der Waals surface area contributed by atoms with Gasteiger partial charge in [-0.2, -0.15) is 8.42 Å². The summed E-state index contributed by atoms with van der Waals surface area (Å²) in [6.45, 7) is 7.41. The molecular formula is C17H24O8S. The van der Waals surface area contributed by atoms with Gasteiger partial charge in [0.15, 0.2) is 5.25 Å². The minimum atomic E-state index is -4.88. The van der Waals surface area contributed by atoms with Gasteiger partial charge >= 0.3 is 11.9 Å². The molecule has 0 aliphatic carbocycles. The number of hydrogen-bond acceptors (Lipinski definition) is 6. The largest absolute Gasteiger partial charge is 0.481 e. The van der Waals surface area contributed by atoms with Crippen LogP contribution in [0.5, 0.6) is 5.75 Å². The summed E-state index contributed by atoms with van der Waals surface area (Å²) in [5.74, 6) is -2.83. The number of para-hydroxylation sites is 1. The first-order chi connectivity index (χ1) is 12.2. The predicted molar refractivity (Wildman–Crippen MR) is 96.5 cm³/mol. The predicted octanol–water partition coefficient (Wildman–Crippen LogP) is 2.40. The minimum absolute atomic E-state index is 0.0691. The molecule has 1 unspecified atom stereocenters. The molecular weight excluding hydrogens is 364 g/mol. The molecule has 0 fully saturated rings. The first kappa shape index (κ1) is 23.8. The number of carboxylic acids is 1. The van der Waals surface area contributed by atoms with Crippen molar-refractivity contribution in [1.82, 2.24) is 0 Å². The highest BCUT2D eigenvalue weighted by Crippen LogP contribution is 2.21. The maximum Gasteiger partial charge on any atom is 0.332 e. The molecule has 0 radical (unpaired) electrons. The lowest BCUT2D eigenvalue weighted by molar-refractivity contribution is -0.142. The van der Waals surface area contributed by atoms with Crippen LogP contribution in [-0.2, 0) is 24.4 Å². The van der Waals surface area contributed by atoms with Crippen molar-refractivity contribution < 1.29 is 37.1 Å². The van der Waals surface area contributed by atoms with E-state index in [1.807, 2.05) is 13.8 Å². The van der Waals surface area contributed by atoms with Gasteiger partial charge in [-0.3, -0.25) is 14.1 Å². The van der Waals surface area contributed by atoms with Gasteiger partial charge in [-0.1, -0.05) is 30.4 Å². The van der Waals surface area contributed by atoms with Crippen molar-refractivity contribution in [1.29, 1.82) is 0 Å². The van der Waals surface area contributed by atoms with Gasteiger partial charge < -0.3 is 14.6 Å². The zero-order valence-corrected chi connectivity index (χ0v) is 15.7.